The van der Waals surface area contributed by atoms with Gasteiger partial charge in [0.1, 0.15) is 11.2 Å². The van der Waals surface area contributed by atoms with Crippen LogP contribution in [0.1, 0.15) is 0 Å². The van der Waals surface area contributed by atoms with Gasteiger partial charge in [0.05, 0.1) is 0 Å². The summed E-state index contributed by atoms with van der Waals surface area (Å²) in [5, 5.41) is 6.93. The van der Waals surface area contributed by atoms with E-state index in [9.17, 15) is 0 Å². The van der Waals surface area contributed by atoms with Crippen LogP contribution in [0.3, 0.4) is 0 Å². The highest BCUT2D eigenvalue weighted by atomic mass is 16.3. The summed E-state index contributed by atoms with van der Waals surface area (Å²) in [4.78, 5) is 15.1. The zero-order valence-corrected chi connectivity index (χ0v) is 27.5. The Kier molecular flexibility index (Phi) is 6.78. The van der Waals surface area contributed by atoms with E-state index in [-0.39, 0.29) is 0 Å². The molecule has 0 saturated heterocycles. The van der Waals surface area contributed by atoms with Crippen molar-refractivity contribution in [1.29, 1.82) is 0 Å². The van der Waals surface area contributed by atoms with Crippen molar-refractivity contribution >= 4 is 43.5 Å². The summed E-state index contributed by atoms with van der Waals surface area (Å²) in [6, 6.07) is 61.0. The van der Waals surface area contributed by atoms with Gasteiger partial charge in [-0.05, 0) is 68.1 Å². The molecule has 0 N–H and O–H groups in total. The van der Waals surface area contributed by atoms with Crippen molar-refractivity contribution in [3.63, 3.8) is 0 Å². The van der Waals surface area contributed by atoms with Gasteiger partial charge in [-0.1, -0.05) is 152 Å². The van der Waals surface area contributed by atoms with Crippen LogP contribution in [-0.4, -0.2) is 15.0 Å². The van der Waals surface area contributed by atoms with E-state index in [1.807, 2.05) is 48.5 Å². The van der Waals surface area contributed by atoms with Crippen molar-refractivity contribution < 1.29 is 4.42 Å². The van der Waals surface area contributed by atoms with Crippen LogP contribution in [0.2, 0.25) is 0 Å². The second-order valence-electron chi connectivity index (χ2n) is 12.8. The summed E-state index contributed by atoms with van der Waals surface area (Å²) in [5.41, 5.74) is 8.96. The Bertz CT molecular complexity index is 2900. The Balaban J connectivity index is 1.13. The van der Waals surface area contributed by atoms with E-state index < -0.39 is 0 Å². The summed E-state index contributed by atoms with van der Waals surface area (Å²) >= 11 is 0. The van der Waals surface area contributed by atoms with Crippen LogP contribution in [0.25, 0.3) is 99.9 Å². The standard InChI is InChI=1S/C47H29N3O/c1-3-12-30(13-4-1)31-22-24-33(25-23-31)46-48-45(32-14-5-2-6-15-32)49-47(50-46)40-20-11-21-42-44(40)39-27-26-35(29-43(39)51-42)41-28-34-16-7-8-17-36(34)37-18-9-10-19-38(37)41/h1-29H. The second kappa shape index (κ2) is 11.9. The fraction of sp³-hybridized carbons (Fsp3) is 0. The van der Waals surface area contributed by atoms with Crippen LogP contribution in [0.15, 0.2) is 180 Å². The maximum Gasteiger partial charge on any atom is 0.164 e. The summed E-state index contributed by atoms with van der Waals surface area (Å²) in [5.74, 6) is 1.84. The van der Waals surface area contributed by atoms with E-state index in [2.05, 4.69) is 127 Å². The van der Waals surface area contributed by atoms with Crippen LogP contribution < -0.4 is 0 Å². The highest BCUT2D eigenvalue weighted by molar-refractivity contribution is 6.16. The molecule has 238 valence electrons. The van der Waals surface area contributed by atoms with Gasteiger partial charge in [0.25, 0.3) is 0 Å². The molecule has 0 aliphatic carbocycles. The first kappa shape index (κ1) is 29.0. The van der Waals surface area contributed by atoms with Crippen molar-refractivity contribution in [1.82, 2.24) is 15.0 Å². The van der Waals surface area contributed by atoms with E-state index in [1.165, 1.54) is 32.7 Å². The average molecular weight is 652 g/mol. The quantitative estimate of drug-likeness (QED) is 0.174. The molecule has 10 rings (SSSR count). The number of aromatic nitrogens is 3. The number of rotatable bonds is 5. The van der Waals surface area contributed by atoms with Crippen molar-refractivity contribution in [2.24, 2.45) is 0 Å². The fourth-order valence-corrected chi connectivity index (χ4v) is 7.26. The monoisotopic (exact) mass is 651 g/mol. The Morgan fingerprint density at radius 1 is 0.314 bits per heavy atom. The minimum atomic E-state index is 0.601. The van der Waals surface area contributed by atoms with Gasteiger partial charge < -0.3 is 4.42 Å². The van der Waals surface area contributed by atoms with Crippen molar-refractivity contribution in [2.45, 2.75) is 0 Å². The summed E-state index contributed by atoms with van der Waals surface area (Å²) < 4.78 is 6.59. The zero-order chi connectivity index (χ0) is 33.7. The Labute approximate surface area is 294 Å². The molecule has 0 fully saturated rings. The lowest BCUT2D eigenvalue weighted by atomic mass is 9.93. The maximum absolute atomic E-state index is 6.59. The highest BCUT2D eigenvalue weighted by Gasteiger charge is 2.19. The molecule has 2 heterocycles. The van der Waals surface area contributed by atoms with E-state index >= 15 is 0 Å². The number of furan rings is 1. The number of benzene rings is 8. The largest absolute Gasteiger partial charge is 0.456 e. The predicted octanol–water partition coefficient (Wildman–Crippen LogP) is 12.4. The highest BCUT2D eigenvalue weighted by Crippen LogP contribution is 2.40. The van der Waals surface area contributed by atoms with Gasteiger partial charge in [-0.2, -0.15) is 0 Å². The zero-order valence-electron chi connectivity index (χ0n) is 27.5. The second-order valence-corrected chi connectivity index (χ2v) is 12.8. The lowest BCUT2D eigenvalue weighted by Gasteiger charge is -2.11. The lowest BCUT2D eigenvalue weighted by molar-refractivity contribution is 0.669. The molecule has 0 radical (unpaired) electrons. The van der Waals surface area contributed by atoms with E-state index in [0.717, 1.165) is 49.8 Å². The third-order valence-electron chi connectivity index (χ3n) is 9.73. The Hall–Kier alpha value is -6.91. The number of nitrogens with zero attached hydrogens (tertiary/aromatic N) is 3. The maximum atomic E-state index is 6.59. The molecule has 0 amide bonds. The van der Waals surface area contributed by atoms with Crippen molar-refractivity contribution in [3.05, 3.63) is 176 Å². The van der Waals surface area contributed by atoms with Crippen molar-refractivity contribution in [3.8, 4) is 56.4 Å². The lowest BCUT2D eigenvalue weighted by Crippen LogP contribution is -2.00. The Morgan fingerprint density at radius 3 is 1.65 bits per heavy atom. The van der Waals surface area contributed by atoms with E-state index in [4.69, 9.17) is 19.4 Å². The van der Waals surface area contributed by atoms with Gasteiger partial charge in [-0.25, -0.2) is 15.0 Å². The molecule has 4 heteroatoms. The van der Waals surface area contributed by atoms with Crippen LogP contribution in [0.5, 0.6) is 0 Å². The fourth-order valence-electron chi connectivity index (χ4n) is 7.26. The minimum Gasteiger partial charge on any atom is -0.456 e. The van der Waals surface area contributed by atoms with Gasteiger partial charge >= 0.3 is 0 Å². The molecule has 51 heavy (non-hydrogen) atoms. The molecule has 0 aliphatic rings. The average Bonchev–Trinajstić information content (AvgIpc) is 3.59. The van der Waals surface area contributed by atoms with Crippen molar-refractivity contribution in [2.75, 3.05) is 0 Å². The van der Waals surface area contributed by atoms with Gasteiger partial charge in [0, 0.05) is 27.5 Å². The van der Waals surface area contributed by atoms with Crippen LogP contribution >= 0.6 is 0 Å². The first-order valence-electron chi connectivity index (χ1n) is 17.1. The van der Waals surface area contributed by atoms with E-state index in [0.29, 0.717) is 17.5 Å². The first-order chi connectivity index (χ1) is 25.3. The molecule has 0 unspecified atom stereocenters. The third kappa shape index (κ3) is 5.04. The summed E-state index contributed by atoms with van der Waals surface area (Å²) in [6.45, 7) is 0. The van der Waals surface area contributed by atoms with Crippen LogP contribution in [0, 0.1) is 0 Å². The molecule has 8 aromatic carbocycles. The molecular weight excluding hydrogens is 623 g/mol. The van der Waals surface area contributed by atoms with Gasteiger partial charge in [0.2, 0.25) is 0 Å². The normalized spacial score (nSPS) is 11.5. The molecular formula is C47H29N3O. The smallest absolute Gasteiger partial charge is 0.164 e. The van der Waals surface area contributed by atoms with Crippen LogP contribution in [-0.2, 0) is 0 Å². The number of hydrogen-bond acceptors (Lipinski definition) is 4. The topological polar surface area (TPSA) is 51.8 Å². The summed E-state index contributed by atoms with van der Waals surface area (Å²) in [7, 11) is 0. The molecule has 0 atom stereocenters. The van der Waals surface area contributed by atoms with Crippen LogP contribution in [0.4, 0.5) is 0 Å². The van der Waals surface area contributed by atoms with Gasteiger partial charge in [-0.3, -0.25) is 0 Å². The molecule has 10 aromatic rings. The molecule has 2 aromatic heterocycles. The van der Waals surface area contributed by atoms with Gasteiger partial charge in [0.15, 0.2) is 17.5 Å². The number of fused-ring (bicyclic) bond motifs is 6. The number of hydrogen-bond donors (Lipinski definition) is 0. The minimum absolute atomic E-state index is 0.601. The SMILES string of the molecule is c1ccc(-c2ccc(-c3nc(-c4ccccc4)nc(-c4cccc5oc6cc(-c7cc8ccccc8c8ccccc78)ccc6c45)n3)cc2)cc1. The van der Waals surface area contributed by atoms with Gasteiger partial charge in [-0.15, -0.1) is 0 Å². The molecule has 4 nitrogen and oxygen atoms in total. The molecule has 0 saturated carbocycles. The predicted molar refractivity (Wildman–Crippen MR) is 209 cm³/mol. The summed E-state index contributed by atoms with van der Waals surface area (Å²) in [6.07, 6.45) is 0. The first-order valence-corrected chi connectivity index (χ1v) is 17.1. The third-order valence-corrected chi connectivity index (χ3v) is 9.73. The molecule has 0 aliphatic heterocycles. The molecule has 0 spiro atoms. The van der Waals surface area contributed by atoms with E-state index in [1.54, 1.807) is 0 Å². The molecule has 0 bridgehead atoms. The Morgan fingerprint density at radius 2 is 0.882 bits per heavy atom.